The predicted octanol–water partition coefficient (Wildman–Crippen LogP) is 4.66. The maximum atomic E-state index is 13.9. The number of halogens is 1. The van der Waals surface area contributed by atoms with Gasteiger partial charge in [-0.3, -0.25) is 18.9 Å². The lowest BCUT2D eigenvalue weighted by Crippen LogP contribution is -2.48. The van der Waals surface area contributed by atoms with E-state index in [9.17, 15) is 28.4 Å². The minimum absolute atomic E-state index is 0.164. The third-order valence-electron chi connectivity index (χ3n) is 9.31. The van der Waals surface area contributed by atoms with Gasteiger partial charge in [-0.25, -0.2) is 8.96 Å². The van der Waals surface area contributed by atoms with Gasteiger partial charge in [0.15, 0.2) is 0 Å². The molecule has 12 nitrogen and oxygen atoms in total. The molecule has 2 atom stereocenters. The van der Waals surface area contributed by atoms with Crippen LogP contribution in [0.15, 0.2) is 18.2 Å². The van der Waals surface area contributed by atoms with Crippen LogP contribution in [0.2, 0.25) is 0 Å². The number of fused-ring (bicyclic) bond motifs is 1. The number of aromatic nitrogens is 1. The Kier molecular flexibility index (Phi) is 13.5. The first-order chi connectivity index (χ1) is 22.8. The van der Waals surface area contributed by atoms with Gasteiger partial charge < -0.3 is 35.8 Å². The summed E-state index contributed by atoms with van der Waals surface area (Å²) < 4.78 is 29.3. The summed E-state index contributed by atoms with van der Waals surface area (Å²) in [6.07, 6.45) is 9.98. The zero-order chi connectivity index (χ0) is 34.8. The number of H-pyrrole nitrogens is 1. The number of phosphoric acid groups is 1. The molecular weight excluding hydrogens is 642 g/mol. The summed E-state index contributed by atoms with van der Waals surface area (Å²) in [6, 6.07) is 3.49. The number of hydrogen-bond acceptors (Lipinski definition) is 6. The number of aliphatic hydroxyl groups is 1. The Balaban J connectivity index is 1.32. The number of amides is 3. The van der Waals surface area contributed by atoms with Crippen molar-refractivity contribution in [2.45, 2.75) is 90.5 Å². The molecule has 1 fully saturated rings. The second kappa shape index (κ2) is 17.3. The molecule has 264 valence electrons. The van der Waals surface area contributed by atoms with Gasteiger partial charge in [-0.15, -0.1) is 0 Å². The highest BCUT2D eigenvalue weighted by Gasteiger charge is 2.27. The zero-order valence-electron chi connectivity index (χ0n) is 27.6. The standard InChI is InChI=1S/C34H48FN4O8P/c1-21-26(22(2)37-30(21)18-28-27-17-25(35)11-13-29(27)39-33(28)42)12-14-32(41)38-31(16-23-8-4-3-5-9-23)34(43)36-15-7-6-10-24(19-40)20-47-48(44,45)46/h11,13,17-18,23-24,31,37,40H,3-10,12,14-16,19-20H2,1-2H3,(H,36,43)(H,38,41)(H,39,42)(H2,44,45,46)/b28-18-/t24?,31-/m0/s1. The SMILES string of the molecule is Cc1[nH]c(/C=C2\C(=O)Nc3ccc(F)cc32)c(C)c1CCC(=O)N[C@@H](CC1CCCCC1)C(=O)NCCCCC(CO)COP(=O)(O)O. The van der Waals surface area contributed by atoms with E-state index in [1.54, 1.807) is 6.08 Å². The van der Waals surface area contributed by atoms with Crippen LogP contribution >= 0.6 is 7.82 Å². The Morgan fingerprint density at radius 3 is 2.62 bits per heavy atom. The van der Waals surface area contributed by atoms with Crippen LogP contribution in [-0.2, 0) is 29.9 Å². The van der Waals surface area contributed by atoms with Gasteiger partial charge in [-0.2, -0.15) is 0 Å². The summed E-state index contributed by atoms with van der Waals surface area (Å²) in [5.74, 6) is -1.29. The van der Waals surface area contributed by atoms with Crippen molar-refractivity contribution in [2.24, 2.45) is 11.8 Å². The van der Waals surface area contributed by atoms with E-state index in [-0.39, 0.29) is 37.4 Å². The van der Waals surface area contributed by atoms with Crippen LogP contribution in [0.25, 0.3) is 11.6 Å². The van der Waals surface area contributed by atoms with Gasteiger partial charge in [-0.05, 0) is 80.9 Å². The number of aliphatic hydroxyl groups excluding tert-OH is 1. The van der Waals surface area contributed by atoms with Crippen LogP contribution in [0.3, 0.4) is 0 Å². The smallest absolute Gasteiger partial charge is 0.396 e. The lowest BCUT2D eigenvalue weighted by Gasteiger charge is -2.26. The highest BCUT2D eigenvalue weighted by atomic mass is 31.2. The van der Waals surface area contributed by atoms with Crippen molar-refractivity contribution in [1.29, 1.82) is 0 Å². The molecule has 0 spiro atoms. The van der Waals surface area contributed by atoms with E-state index in [2.05, 4.69) is 25.5 Å². The molecule has 3 amide bonds. The quantitative estimate of drug-likeness (QED) is 0.0709. The normalized spacial score (nSPS) is 17.2. The first-order valence-corrected chi connectivity index (χ1v) is 18.3. The average molecular weight is 691 g/mol. The van der Waals surface area contributed by atoms with Crippen LogP contribution < -0.4 is 16.0 Å². The number of nitrogens with one attached hydrogen (secondary N) is 4. The maximum Gasteiger partial charge on any atom is 0.469 e. The van der Waals surface area contributed by atoms with Crippen LogP contribution in [-0.4, -0.2) is 63.4 Å². The molecule has 0 saturated heterocycles. The minimum Gasteiger partial charge on any atom is -0.396 e. The molecule has 0 radical (unpaired) electrons. The van der Waals surface area contributed by atoms with Gasteiger partial charge in [0.1, 0.15) is 11.9 Å². The van der Waals surface area contributed by atoms with Crippen molar-refractivity contribution >= 4 is 42.9 Å². The molecule has 1 saturated carbocycles. The Morgan fingerprint density at radius 2 is 1.92 bits per heavy atom. The highest BCUT2D eigenvalue weighted by molar-refractivity contribution is 7.46. The molecule has 48 heavy (non-hydrogen) atoms. The number of anilines is 1. The summed E-state index contributed by atoms with van der Waals surface area (Å²) in [5, 5.41) is 18.1. The molecule has 1 aliphatic carbocycles. The number of aryl methyl sites for hydroxylation is 1. The van der Waals surface area contributed by atoms with Crippen molar-refractivity contribution in [2.75, 3.05) is 25.1 Å². The summed E-state index contributed by atoms with van der Waals surface area (Å²) in [5.41, 5.74) is 4.81. The number of phosphoric ester groups is 1. The molecule has 4 rings (SSSR count). The van der Waals surface area contributed by atoms with Crippen LogP contribution in [0.4, 0.5) is 10.1 Å². The Morgan fingerprint density at radius 1 is 1.17 bits per heavy atom. The lowest BCUT2D eigenvalue weighted by molar-refractivity contribution is -0.129. The number of carbonyl (C=O) groups excluding carboxylic acids is 3. The molecule has 0 bridgehead atoms. The highest BCUT2D eigenvalue weighted by Crippen LogP contribution is 2.37. The average Bonchev–Trinajstić information content (AvgIpc) is 3.49. The van der Waals surface area contributed by atoms with Crippen molar-refractivity contribution in [3.05, 3.63) is 52.1 Å². The molecule has 7 N–H and O–H groups in total. The second-order valence-corrected chi connectivity index (χ2v) is 14.2. The first-order valence-electron chi connectivity index (χ1n) is 16.7. The zero-order valence-corrected chi connectivity index (χ0v) is 28.5. The molecule has 1 aromatic heterocycles. The first kappa shape index (κ1) is 37.5. The molecule has 1 aliphatic heterocycles. The number of carbonyl (C=O) groups is 3. The van der Waals surface area contributed by atoms with E-state index in [0.717, 1.165) is 42.5 Å². The van der Waals surface area contributed by atoms with Gasteiger partial charge in [0.05, 0.1) is 12.2 Å². The van der Waals surface area contributed by atoms with Gasteiger partial charge >= 0.3 is 7.82 Å². The van der Waals surface area contributed by atoms with Gasteiger partial charge in [0.25, 0.3) is 5.91 Å². The Labute approximate surface area is 280 Å². The van der Waals surface area contributed by atoms with Crippen molar-refractivity contribution < 1.29 is 42.8 Å². The summed E-state index contributed by atoms with van der Waals surface area (Å²) in [4.78, 5) is 60.1. The maximum absolute atomic E-state index is 13.9. The number of hydrogen-bond donors (Lipinski definition) is 7. The second-order valence-electron chi connectivity index (χ2n) is 13.0. The summed E-state index contributed by atoms with van der Waals surface area (Å²) >= 11 is 0. The van der Waals surface area contributed by atoms with E-state index in [4.69, 9.17) is 9.79 Å². The van der Waals surface area contributed by atoms with Crippen molar-refractivity contribution in [3.8, 4) is 0 Å². The van der Waals surface area contributed by atoms with Crippen molar-refractivity contribution in [1.82, 2.24) is 15.6 Å². The Hall–Kier alpha value is -3.35. The third kappa shape index (κ3) is 10.8. The van der Waals surface area contributed by atoms with Gasteiger partial charge in [0.2, 0.25) is 11.8 Å². The van der Waals surface area contributed by atoms with E-state index in [0.29, 0.717) is 67.1 Å². The fourth-order valence-electron chi connectivity index (χ4n) is 6.60. The molecule has 1 aromatic carbocycles. The third-order valence-corrected chi connectivity index (χ3v) is 9.79. The Bertz CT molecular complexity index is 1530. The van der Waals surface area contributed by atoms with Crippen molar-refractivity contribution in [3.63, 3.8) is 0 Å². The fourth-order valence-corrected chi connectivity index (χ4v) is 7.00. The van der Waals surface area contributed by atoms with E-state index in [1.807, 2.05) is 13.8 Å². The molecule has 2 aromatic rings. The fraction of sp³-hybridized carbons (Fsp3) is 0.559. The largest absolute Gasteiger partial charge is 0.469 e. The summed E-state index contributed by atoms with van der Waals surface area (Å²) in [7, 11) is -4.61. The number of unbranched alkanes of at least 4 members (excludes halogenated alkanes) is 1. The lowest BCUT2D eigenvalue weighted by atomic mass is 9.84. The van der Waals surface area contributed by atoms with Crippen LogP contribution in [0.1, 0.15) is 92.3 Å². The topological polar surface area (TPSA) is 190 Å². The molecule has 2 heterocycles. The van der Waals surface area contributed by atoms with Crippen LogP contribution in [0, 0.1) is 31.5 Å². The number of aromatic amines is 1. The molecule has 14 heteroatoms. The number of benzene rings is 1. The van der Waals surface area contributed by atoms with Gasteiger partial charge in [0, 0.05) is 48.1 Å². The molecular formula is C34H48FN4O8P. The van der Waals surface area contributed by atoms with E-state index >= 15 is 0 Å². The predicted molar refractivity (Wildman–Crippen MR) is 180 cm³/mol. The number of rotatable bonds is 17. The van der Waals surface area contributed by atoms with E-state index < -0.39 is 25.6 Å². The van der Waals surface area contributed by atoms with Gasteiger partial charge in [-0.1, -0.05) is 38.5 Å². The minimum atomic E-state index is -4.61. The van der Waals surface area contributed by atoms with Crippen LogP contribution in [0.5, 0.6) is 0 Å². The molecule has 2 aliphatic rings. The molecule has 1 unspecified atom stereocenters. The summed E-state index contributed by atoms with van der Waals surface area (Å²) in [6.45, 7) is 3.65. The monoisotopic (exact) mass is 690 g/mol. The van der Waals surface area contributed by atoms with E-state index in [1.165, 1.54) is 24.6 Å².